The molecule has 0 radical (unpaired) electrons. The van der Waals surface area contributed by atoms with Gasteiger partial charge < -0.3 is 9.32 Å². The molecule has 27 heavy (non-hydrogen) atoms. The topological polar surface area (TPSA) is 59.2 Å². The van der Waals surface area contributed by atoms with Crippen LogP contribution in [0.4, 0.5) is 4.39 Å². The Bertz CT molecular complexity index is 1010. The summed E-state index contributed by atoms with van der Waals surface area (Å²) in [4.78, 5) is 14.6. The average Bonchev–Trinajstić information content (AvgIpc) is 3.40. The second-order valence-electron chi connectivity index (χ2n) is 6.27. The zero-order valence-corrected chi connectivity index (χ0v) is 16.4. The van der Waals surface area contributed by atoms with Crippen LogP contribution in [0.5, 0.6) is 0 Å². The van der Waals surface area contributed by atoms with E-state index in [9.17, 15) is 9.18 Å². The molecule has 0 saturated heterocycles. The molecule has 1 aliphatic carbocycles. The molecule has 0 aliphatic heterocycles. The quantitative estimate of drug-likeness (QED) is 0.543. The van der Waals surface area contributed by atoms with Gasteiger partial charge in [-0.1, -0.05) is 23.7 Å². The maximum atomic E-state index is 13.6. The summed E-state index contributed by atoms with van der Waals surface area (Å²) in [5, 5.41) is 8.59. The Morgan fingerprint density at radius 2 is 2.04 bits per heavy atom. The third-order valence-corrected chi connectivity index (χ3v) is 5.31. The van der Waals surface area contributed by atoms with E-state index in [1.54, 1.807) is 17.0 Å². The number of amides is 1. The minimum absolute atomic E-state index is 0.0864. The van der Waals surface area contributed by atoms with Crippen molar-refractivity contribution >= 4 is 33.4 Å². The van der Waals surface area contributed by atoms with Gasteiger partial charge in [-0.2, -0.15) is 0 Å². The number of aromatic nitrogens is 2. The third-order valence-electron chi connectivity index (χ3n) is 4.28. The monoisotopic (exact) mass is 449 g/mol. The first-order valence-corrected chi connectivity index (χ1v) is 9.53. The van der Waals surface area contributed by atoms with Gasteiger partial charge in [-0.25, -0.2) is 4.39 Å². The third kappa shape index (κ3) is 3.89. The van der Waals surface area contributed by atoms with E-state index in [4.69, 9.17) is 16.0 Å². The summed E-state index contributed by atoms with van der Waals surface area (Å²) in [5.41, 5.74) is 0.905. The van der Waals surface area contributed by atoms with Crippen molar-refractivity contribution in [1.29, 1.82) is 0 Å². The first kappa shape index (κ1) is 18.1. The van der Waals surface area contributed by atoms with Crippen LogP contribution in [0.25, 0.3) is 11.5 Å². The first-order chi connectivity index (χ1) is 13.0. The smallest absolute Gasteiger partial charge is 0.255 e. The van der Waals surface area contributed by atoms with Crippen LogP contribution in [0.15, 0.2) is 51.4 Å². The molecule has 0 unspecified atom stereocenters. The van der Waals surface area contributed by atoms with Gasteiger partial charge in [0.1, 0.15) is 5.82 Å². The number of carbonyl (C=O) groups is 1. The lowest BCUT2D eigenvalue weighted by Gasteiger charge is -2.21. The highest BCUT2D eigenvalue weighted by molar-refractivity contribution is 9.10. The van der Waals surface area contributed by atoms with E-state index in [1.807, 2.05) is 12.1 Å². The van der Waals surface area contributed by atoms with Gasteiger partial charge in [0.25, 0.3) is 5.91 Å². The molecule has 1 amide bonds. The SMILES string of the molecule is O=C(c1cc(F)ccc1Br)N(Cc1nnc(-c2ccccc2Cl)o1)C1CC1. The molecule has 1 aliphatic rings. The van der Waals surface area contributed by atoms with Crippen molar-refractivity contribution in [1.82, 2.24) is 15.1 Å². The summed E-state index contributed by atoms with van der Waals surface area (Å²) < 4.78 is 19.9. The zero-order valence-electron chi connectivity index (χ0n) is 14.0. The molecule has 0 atom stereocenters. The number of hydrogen-bond acceptors (Lipinski definition) is 4. The summed E-state index contributed by atoms with van der Waals surface area (Å²) >= 11 is 9.48. The largest absolute Gasteiger partial charge is 0.419 e. The minimum atomic E-state index is -0.462. The number of benzene rings is 2. The average molecular weight is 451 g/mol. The predicted molar refractivity (Wildman–Crippen MR) is 102 cm³/mol. The molecule has 3 aromatic rings. The van der Waals surface area contributed by atoms with Crippen molar-refractivity contribution in [3.05, 3.63) is 69.2 Å². The second kappa shape index (κ2) is 7.40. The molecular formula is C19H14BrClFN3O2. The van der Waals surface area contributed by atoms with E-state index >= 15 is 0 Å². The lowest BCUT2D eigenvalue weighted by Crippen LogP contribution is -2.33. The van der Waals surface area contributed by atoms with Gasteiger partial charge >= 0.3 is 0 Å². The Morgan fingerprint density at radius 1 is 1.26 bits per heavy atom. The summed E-state index contributed by atoms with van der Waals surface area (Å²) in [6, 6.07) is 11.3. The number of halogens is 3. The van der Waals surface area contributed by atoms with Gasteiger partial charge in [-0.05, 0) is 59.1 Å². The van der Waals surface area contributed by atoms with Crippen LogP contribution >= 0.6 is 27.5 Å². The lowest BCUT2D eigenvalue weighted by atomic mass is 10.2. The van der Waals surface area contributed by atoms with E-state index in [1.165, 1.54) is 18.2 Å². The van der Waals surface area contributed by atoms with Crippen molar-refractivity contribution in [2.75, 3.05) is 0 Å². The van der Waals surface area contributed by atoms with Crippen molar-refractivity contribution in [3.63, 3.8) is 0 Å². The Morgan fingerprint density at radius 3 is 2.78 bits per heavy atom. The Hall–Kier alpha value is -2.25. The van der Waals surface area contributed by atoms with E-state index in [2.05, 4.69) is 26.1 Å². The van der Waals surface area contributed by atoms with Gasteiger partial charge in [0.05, 0.1) is 22.7 Å². The summed E-state index contributed by atoms with van der Waals surface area (Å²) in [5.74, 6) is -0.138. The maximum absolute atomic E-state index is 13.6. The van der Waals surface area contributed by atoms with Crippen molar-refractivity contribution in [2.45, 2.75) is 25.4 Å². The zero-order chi connectivity index (χ0) is 19.0. The van der Waals surface area contributed by atoms with Crippen molar-refractivity contribution < 1.29 is 13.6 Å². The number of hydrogen-bond donors (Lipinski definition) is 0. The molecule has 1 saturated carbocycles. The van der Waals surface area contributed by atoms with E-state index in [0.29, 0.717) is 26.8 Å². The maximum Gasteiger partial charge on any atom is 0.255 e. The normalized spacial score (nSPS) is 13.6. The van der Waals surface area contributed by atoms with Crippen LogP contribution in [0, 0.1) is 5.82 Å². The molecule has 1 heterocycles. The Labute approximate surface area is 168 Å². The van der Waals surface area contributed by atoms with Crippen molar-refractivity contribution in [2.24, 2.45) is 0 Å². The molecule has 2 aromatic carbocycles. The molecule has 5 nitrogen and oxygen atoms in total. The van der Waals surface area contributed by atoms with Gasteiger partial charge in [0, 0.05) is 10.5 Å². The molecular weight excluding hydrogens is 437 g/mol. The van der Waals surface area contributed by atoms with Crippen LogP contribution in [0.1, 0.15) is 29.1 Å². The van der Waals surface area contributed by atoms with E-state index in [0.717, 1.165) is 12.8 Å². The van der Waals surface area contributed by atoms with Gasteiger partial charge in [0.15, 0.2) is 0 Å². The molecule has 0 N–H and O–H groups in total. The van der Waals surface area contributed by atoms with E-state index < -0.39 is 5.82 Å². The fourth-order valence-electron chi connectivity index (χ4n) is 2.78. The number of nitrogens with zero attached hydrogens (tertiary/aromatic N) is 3. The molecule has 138 valence electrons. The summed E-state index contributed by atoms with van der Waals surface area (Å²) in [6.07, 6.45) is 1.79. The standard InChI is InChI=1S/C19H14BrClFN3O2/c20-15-8-5-11(22)9-14(15)19(26)25(12-6-7-12)10-17-23-24-18(27-17)13-3-1-2-4-16(13)21/h1-5,8-9,12H,6-7,10H2. The minimum Gasteiger partial charge on any atom is -0.419 e. The molecule has 0 bridgehead atoms. The van der Waals surface area contributed by atoms with Crippen molar-refractivity contribution in [3.8, 4) is 11.5 Å². The number of carbonyl (C=O) groups excluding carboxylic acids is 1. The highest BCUT2D eigenvalue weighted by atomic mass is 79.9. The fourth-order valence-corrected chi connectivity index (χ4v) is 3.41. The van der Waals surface area contributed by atoms with Crippen LogP contribution in [-0.4, -0.2) is 27.0 Å². The molecule has 1 fully saturated rings. The predicted octanol–water partition coefficient (Wildman–Crippen LogP) is 5.10. The molecule has 0 spiro atoms. The van der Waals surface area contributed by atoms with Crippen LogP contribution in [-0.2, 0) is 6.54 Å². The molecule has 8 heteroatoms. The van der Waals surface area contributed by atoms with E-state index in [-0.39, 0.29) is 24.1 Å². The van der Waals surface area contributed by atoms with Crippen LogP contribution in [0.2, 0.25) is 5.02 Å². The second-order valence-corrected chi connectivity index (χ2v) is 7.53. The van der Waals surface area contributed by atoms with Crippen LogP contribution in [0.3, 0.4) is 0 Å². The summed E-state index contributed by atoms with van der Waals surface area (Å²) in [6.45, 7) is 0.157. The lowest BCUT2D eigenvalue weighted by molar-refractivity contribution is 0.0713. The van der Waals surface area contributed by atoms with Gasteiger partial charge in [-0.3, -0.25) is 4.79 Å². The summed E-state index contributed by atoms with van der Waals surface area (Å²) in [7, 11) is 0. The first-order valence-electron chi connectivity index (χ1n) is 8.36. The Balaban J connectivity index is 1.59. The fraction of sp³-hybridized carbons (Fsp3) is 0.211. The van der Waals surface area contributed by atoms with Gasteiger partial charge in [0.2, 0.25) is 11.8 Å². The Kier molecular flexibility index (Phi) is 4.97. The van der Waals surface area contributed by atoms with Gasteiger partial charge in [-0.15, -0.1) is 10.2 Å². The van der Waals surface area contributed by atoms with Crippen LogP contribution < -0.4 is 0 Å². The highest BCUT2D eigenvalue weighted by Crippen LogP contribution is 2.32. The number of rotatable bonds is 5. The molecule has 1 aromatic heterocycles. The molecule has 4 rings (SSSR count). The highest BCUT2D eigenvalue weighted by Gasteiger charge is 2.35.